The van der Waals surface area contributed by atoms with Crippen molar-refractivity contribution in [2.45, 2.75) is 46.1 Å². The molecule has 4 heteroatoms. The van der Waals surface area contributed by atoms with E-state index in [2.05, 4.69) is 25.7 Å². The van der Waals surface area contributed by atoms with Crippen LogP contribution in [0.15, 0.2) is 0 Å². The molecule has 1 saturated heterocycles. The van der Waals surface area contributed by atoms with Crippen LogP contribution in [0.5, 0.6) is 0 Å². The minimum Gasteiger partial charge on any atom is -0.340 e. The zero-order valence-corrected chi connectivity index (χ0v) is 12.2. The molecule has 1 amide bonds. The number of amides is 1. The molecule has 0 saturated carbocycles. The Morgan fingerprint density at radius 2 is 1.83 bits per heavy atom. The summed E-state index contributed by atoms with van der Waals surface area (Å²) in [6.45, 7) is 11.1. The number of carbonyl (C=O) groups excluding carboxylic acids is 1. The predicted octanol–water partition coefficient (Wildman–Crippen LogP) is 1.30. The molecular weight excluding hydrogens is 226 g/mol. The fourth-order valence-corrected chi connectivity index (χ4v) is 2.32. The number of rotatable bonds is 6. The van der Waals surface area contributed by atoms with Gasteiger partial charge in [0.1, 0.15) is 0 Å². The van der Waals surface area contributed by atoms with Crippen molar-refractivity contribution < 1.29 is 4.79 Å². The third-order valence-electron chi connectivity index (χ3n) is 4.13. The van der Waals surface area contributed by atoms with Gasteiger partial charge in [-0.25, -0.2) is 0 Å². The van der Waals surface area contributed by atoms with Crippen LogP contribution < -0.4 is 5.73 Å². The van der Waals surface area contributed by atoms with Crippen LogP contribution in [0.3, 0.4) is 0 Å². The topological polar surface area (TPSA) is 49.6 Å². The van der Waals surface area contributed by atoms with Crippen molar-refractivity contribution in [1.82, 2.24) is 9.80 Å². The van der Waals surface area contributed by atoms with Gasteiger partial charge in [-0.1, -0.05) is 13.8 Å². The molecule has 1 rings (SSSR count). The van der Waals surface area contributed by atoms with E-state index in [4.69, 9.17) is 5.73 Å². The fraction of sp³-hybridized carbons (Fsp3) is 0.929. The van der Waals surface area contributed by atoms with Crippen LogP contribution in [-0.4, -0.2) is 54.5 Å². The van der Waals surface area contributed by atoms with E-state index in [1.807, 2.05) is 4.90 Å². The predicted molar refractivity (Wildman–Crippen MR) is 75.4 cm³/mol. The second-order valence-electron chi connectivity index (χ2n) is 5.55. The quantitative estimate of drug-likeness (QED) is 0.778. The van der Waals surface area contributed by atoms with Crippen molar-refractivity contribution >= 4 is 5.91 Å². The Morgan fingerprint density at radius 1 is 1.22 bits per heavy atom. The molecular formula is C14H29N3O. The lowest BCUT2D eigenvalue weighted by Crippen LogP contribution is -2.51. The minimum absolute atomic E-state index is 0.305. The van der Waals surface area contributed by atoms with E-state index < -0.39 is 0 Å². The highest BCUT2D eigenvalue weighted by Gasteiger charge is 2.23. The summed E-state index contributed by atoms with van der Waals surface area (Å²) in [7, 11) is 0. The fourth-order valence-electron chi connectivity index (χ4n) is 2.32. The van der Waals surface area contributed by atoms with Gasteiger partial charge in [-0.2, -0.15) is 0 Å². The highest BCUT2D eigenvalue weighted by atomic mass is 16.2. The average molecular weight is 255 g/mol. The summed E-state index contributed by atoms with van der Waals surface area (Å²) in [5.74, 6) is 0.759. The number of piperazine rings is 1. The number of carbonyl (C=O) groups is 1. The highest BCUT2D eigenvalue weighted by molar-refractivity contribution is 5.76. The Bertz CT molecular complexity index is 249. The zero-order valence-electron chi connectivity index (χ0n) is 12.2. The molecule has 0 bridgehead atoms. The summed E-state index contributed by atoms with van der Waals surface area (Å²) in [5.41, 5.74) is 5.57. The van der Waals surface area contributed by atoms with Crippen molar-refractivity contribution in [3.8, 4) is 0 Å². The Balaban J connectivity index is 2.27. The van der Waals surface area contributed by atoms with Gasteiger partial charge in [0, 0.05) is 38.6 Å². The molecule has 1 heterocycles. The first kappa shape index (κ1) is 15.4. The summed E-state index contributed by atoms with van der Waals surface area (Å²) in [6.07, 6.45) is 2.75. The van der Waals surface area contributed by atoms with Gasteiger partial charge in [0.25, 0.3) is 0 Å². The highest BCUT2D eigenvalue weighted by Crippen LogP contribution is 2.11. The van der Waals surface area contributed by atoms with E-state index in [0.29, 0.717) is 30.8 Å². The molecule has 2 atom stereocenters. The molecule has 0 aromatic heterocycles. The molecule has 0 aromatic rings. The summed E-state index contributed by atoms with van der Waals surface area (Å²) >= 11 is 0. The lowest BCUT2D eigenvalue weighted by molar-refractivity contribution is -0.133. The van der Waals surface area contributed by atoms with E-state index in [-0.39, 0.29) is 0 Å². The minimum atomic E-state index is 0.305. The van der Waals surface area contributed by atoms with Gasteiger partial charge in [0.05, 0.1) is 0 Å². The second kappa shape index (κ2) is 7.74. The van der Waals surface area contributed by atoms with E-state index in [1.54, 1.807) is 0 Å². The SMILES string of the molecule is CCC(C)N1CCN(C(=O)CCC(C)CN)CC1. The number of hydrogen-bond acceptors (Lipinski definition) is 3. The summed E-state index contributed by atoms with van der Waals surface area (Å²) < 4.78 is 0. The first-order chi connectivity index (χ1) is 8.58. The van der Waals surface area contributed by atoms with Crippen LogP contribution in [0, 0.1) is 5.92 Å². The van der Waals surface area contributed by atoms with Crippen molar-refractivity contribution in [2.75, 3.05) is 32.7 Å². The first-order valence-corrected chi connectivity index (χ1v) is 7.30. The zero-order chi connectivity index (χ0) is 13.5. The molecule has 18 heavy (non-hydrogen) atoms. The third kappa shape index (κ3) is 4.58. The molecule has 0 radical (unpaired) electrons. The normalized spacial score (nSPS) is 20.8. The Labute approximate surface area is 111 Å². The smallest absolute Gasteiger partial charge is 0.222 e. The van der Waals surface area contributed by atoms with Crippen LogP contribution in [0.1, 0.15) is 40.0 Å². The Kier molecular flexibility index (Phi) is 6.65. The largest absolute Gasteiger partial charge is 0.340 e. The van der Waals surface area contributed by atoms with Crippen LogP contribution >= 0.6 is 0 Å². The monoisotopic (exact) mass is 255 g/mol. The van der Waals surface area contributed by atoms with Crippen molar-refractivity contribution in [1.29, 1.82) is 0 Å². The van der Waals surface area contributed by atoms with Gasteiger partial charge >= 0.3 is 0 Å². The van der Waals surface area contributed by atoms with E-state index >= 15 is 0 Å². The number of nitrogens with two attached hydrogens (primary N) is 1. The van der Waals surface area contributed by atoms with Crippen LogP contribution in [-0.2, 0) is 4.79 Å². The maximum Gasteiger partial charge on any atom is 0.222 e. The Hall–Kier alpha value is -0.610. The van der Waals surface area contributed by atoms with Crippen LogP contribution in [0.2, 0.25) is 0 Å². The molecule has 106 valence electrons. The summed E-state index contributed by atoms with van der Waals surface area (Å²) in [4.78, 5) is 16.5. The molecule has 0 aliphatic carbocycles. The molecule has 2 unspecified atom stereocenters. The maximum atomic E-state index is 12.0. The lowest BCUT2D eigenvalue weighted by Gasteiger charge is -2.38. The second-order valence-corrected chi connectivity index (χ2v) is 5.55. The van der Waals surface area contributed by atoms with Crippen molar-refractivity contribution in [2.24, 2.45) is 11.7 Å². The number of nitrogens with zero attached hydrogens (tertiary/aromatic N) is 2. The Morgan fingerprint density at radius 3 is 2.33 bits per heavy atom. The molecule has 4 nitrogen and oxygen atoms in total. The third-order valence-corrected chi connectivity index (χ3v) is 4.13. The van der Waals surface area contributed by atoms with Gasteiger partial charge in [0.15, 0.2) is 0 Å². The molecule has 0 spiro atoms. The van der Waals surface area contributed by atoms with Crippen molar-refractivity contribution in [3.63, 3.8) is 0 Å². The molecule has 2 N–H and O–H groups in total. The standard InChI is InChI=1S/C14H29N3O/c1-4-13(3)16-7-9-17(10-8-16)14(18)6-5-12(2)11-15/h12-13H,4-11,15H2,1-3H3. The van der Waals surface area contributed by atoms with Crippen LogP contribution in [0.25, 0.3) is 0 Å². The molecule has 1 aliphatic heterocycles. The van der Waals surface area contributed by atoms with Crippen molar-refractivity contribution in [3.05, 3.63) is 0 Å². The number of hydrogen-bond donors (Lipinski definition) is 1. The average Bonchev–Trinajstić information content (AvgIpc) is 2.43. The van der Waals surface area contributed by atoms with Gasteiger partial charge in [-0.15, -0.1) is 0 Å². The molecule has 1 fully saturated rings. The first-order valence-electron chi connectivity index (χ1n) is 7.30. The molecule has 0 aromatic carbocycles. The summed E-state index contributed by atoms with van der Waals surface area (Å²) in [6, 6.07) is 0.638. The molecule has 1 aliphatic rings. The lowest BCUT2D eigenvalue weighted by atomic mass is 10.1. The summed E-state index contributed by atoms with van der Waals surface area (Å²) in [5, 5.41) is 0. The van der Waals surface area contributed by atoms with Crippen LogP contribution in [0.4, 0.5) is 0 Å². The van der Waals surface area contributed by atoms with Gasteiger partial charge in [-0.05, 0) is 32.2 Å². The van der Waals surface area contributed by atoms with E-state index in [9.17, 15) is 4.79 Å². The van der Waals surface area contributed by atoms with E-state index in [0.717, 1.165) is 32.6 Å². The van der Waals surface area contributed by atoms with Gasteiger partial charge in [0.2, 0.25) is 5.91 Å². The van der Waals surface area contributed by atoms with Gasteiger partial charge in [-0.3, -0.25) is 9.69 Å². The van der Waals surface area contributed by atoms with Gasteiger partial charge < -0.3 is 10.6 Å². The maximum absolute atomic E-state index is 12.0. The van der Waals surface area contributed by atoms with E-state index in [1.165, 1.54) is 6.42 Å².